The molecule has 6 N–H and O–H groups in total. The van der Waals surface area contributed by atoms with Gasteiger partial charge in [-0.2, -0.15) is 0 Å². The fraction of sp³-hybridized carbons (Fsp3) is 0.192. The summed E-state index contributed by atoms with van der Waals surface area (Å²) in [6.45, 7) is 0.135. The summed E-state index contributed by atoms with van der Waals surface area (Å²) >= 11 is 6.11. The van der Waals surface area contributed by atoms with E-state index < -0.39 is 24.0 Å². The van der Waals surface area contributed by atoms with Crippen molar-refractivity contribution in [2.24, 2.45) is 5.10 Å². The van der Waals surface area contributed by atoms with Crippen LogP contribution >= 0.6 is 11.6 Å². The monoisotopic (exact) mass is 522 g/mol. The van der Waals surface area contributed by atoms with Gasteiger partial charge in [0.2, 0.25) is 11.9 Å². The van der Waals surface area contributed by atoms with Crippen molar-refractivity contribution < 1.29 is 19.4 Å². The van der Waals surface area contributed by atoms with Crippen LogP contribution in [-0.2, 0) is 27.4 Å². The molecule has 192 valence electrons. The Hall–Kier alpha value is -3.96. The molecule has 0 unspecified atom stereocenters. The Morgan fingerprint density at radius 1 is 0.946 bits per heavy atom. The second-order valence-electron chi connectivity index (χ2n) is 8.33. The van der Waals surface area contributed by atoms with Crippen LogP contribution in [0.25, 0.3) is 11.1 Å². The summed E-state index contributed by atoms with van der Waals surface area (Å²) in [6, 6.07) is 22.6. The number of amides is 1. The van der Waals surface area contributed by atoms with Gasteiger partial charge < -0.3 is 9.84 Å². The lowest BCUT2D eigenvalue weighted by Crippen LogP contribution is -2.56. The summed E-state index contributed by atoms with van der Waals surface area (Å²) in [5.41, 5.74) is 11.3. The number of ether oxygens (including phenoxy) is 1. The molecule has 11 heteroatoms. The van der Waals surface area contributed by atoms with E-state index in [1.54, 1.807) is 0 Å². The van der Waals surface area contributed by atoms with Gasteiger partial charge in [0.05, 0.1) is 19.3 Å². The minimum Gasteiger partial charge on any atom is -0.480 e. The molecule has 0 fully saturated rings. The quantitative estimate of drug-likeness (QED) is 0.225. The van der Waals surface area contributed by atoms with Gasteiger partial charge in [0, 0.05) is 5.02 Å². The number of nitrogens with one attached hydrogen (secondary N) is 5. The Labute approximate surface area is 219 Å². The van der Waals surface area contributed by atoms with Crippen LogP contribution in [0.15, 0.2) is 84.0 Å². The number of guanidine groups is 1. The zero-order valence-electron chi connectivity index (χ0n) is 19.8. The van der Waals surface area contributed by atoms with Gasteiger partial charge in [0.25, 0.3) is 0 Å². The Morgan fingerprint density at radius 3 is 2.41 bits per heavy atom. The summed E-state index contributed by atoms with van der Waals surface area (Å²) in [6.07, 6.45) is 0.234. The van der Waals surface area contributed by atoms with Crippen molar-refractivity contribution in [3.63, 3.8) is 0 Å². The van der Waals surface area contributed by atoms with Crippen molar-refractivity contribution in [2.75, 3.05) is 6.61 Å². The van der Waals surface area contributed by atoms with E-state index in [0.29, 0.717) is 5.02 Å². The number of hydrogen-bond acceptors (Lipinski definition) is 8. The molecule has 0 saturated heterocycles. The average Bonchev–Trinajstić information content (AvgIpc) is 3.41. The van der Waals surface area contributed by atoms with Gasteiger partial charge in [-0.15, -0.1) is 10.6 Å². The first-order chi connectivity index (χ1) is 18.0. The molecule has 3 aromatic carbocycles. The molecular formula is C26H27ClN6O4. The van der Waals surface area contributed by atoms with E-state index in [0.717, 1.165) is 22.3 Å². The number of carboxylic acids is 1. The summed E-state index contributed by atoms with van der Waals surface area (Å²) in [4.78, 5) is 25.1. The van der Waals surface area contributed by atoms with E-state index in [1.807, 2.05) is 78.9 Å². The molecule has 0 spiro atoms. The maximum absolute atomic E-state index is 13.1. The molecule has 37 heavy (non-hydrogen) atoms. The fourth-order valence-corrected chi connectivity index (χ4v) is 3.92. The summed E-state index contributed by atoms with van der Waals surface area (Å²) in [5, 5.41) is 19.9. The van der Waals surface area contributed by atoms with Crippen molar-refractivity contribution in [3.05, 3.63) is 95.0 Å². The third kappa shape index (κ3) is 7.76. The fourth-order valence-electron chi connectivity index (χ4n) is 3.73. The number of nitrogens with zero attached hydrogens (tertiary/aromatic N) is 1. The lowest BCUT2D eigenvalue weighted by molar-refractivity contribution is -0.141. The molecule has 0 radical (unpaired) electrons. The van der Waals surface area contributed by atoms with Crippen molar-refractivity contribution in [2.45, 2.75) is 25.1 Å². The van der Waals surface area contributed by atoms with Gasteiger partial charge in [-0.3, -0.25) is 25.6 Å². The summed E-state index contributed by atoms with van der Waals surface area (Å²) in [7, 11) is 0. The molecular weight excluding hydrogens is 496 g/mol. The molecule has 10 nitrogen and oxygen atoms in total. The van der Waals surface area contributed by atoms with Crippen LogP contribution in [0, 0.1) is 0 Å². The maximum atomic E-state index is 13.1. The average molecular weight is 523 g/mol. The highest BCUT2D eigenvalue weighted by molar-refractivity contribution is 6.30. The smallest absolute Gasteiger partial charge is 0.323 e. The van der Waals surface area contributed by atoms with Gasteiger partial charge in [-0.1, -0.05) is 78.3 Å². The van der Waals surface area contributed by atoms with Gasteiger partial charge in [-0.05, 0) is 40.8 Å². The van der Waals surface area contributed by atoms with Gasteiger partial charge in [0.1, 0.15) is 6.04 Å². The molecule has 1 aliphatic heterocycles. The lowest BCUT2D eigenvalue weighted by atomic mass is 10.00. The minimum atomic E-state index is -1.12. The lowest BCUT2D eigenvalue weighted by Gasteiger charge is -2.23. The SMILES string of the molecule is O=C(O)[C@H](COCc1ccccc1)N[C@@H](Cc1ccc(-c2cccc(Cl)c2)cc1)C(=O)NC1=NNNN1. The Bertz CT molecular complexity index is 1240. The number of benzene rings is 3. The number of aliphatic carboxylic acids is 1. The third-order valence-corrected chi connectivity index (χ3v) is 5.85. The van der Waals surface area contributed by atoms with E-state index in [9.17, 15) is 14.7 Å². The topological polar surface area (TPSA) is 136 Å². The largest absolute Gasteiger partial charge is 0.480 e. The van der Waals surface area contributed by atoms with Crippen molar-refractivity contribution >= 4 is 29.4 Å². The molecule has 1 aliphatic rings. The van der Waals surface area contributed by atoms with E-state index in [4.69, 9.17) is 16.3 Å². The highest BCUT2D eigenvalue weighted by atomic mass is 35.5. The van der Waals surface area contributed by atoms with Crippen LogP contribution in [0.4, 0.5) is 0 Å². The number of halogens is 1. The van der Waals surface area contributed by atoms with E-state index >= 15 is 0 Å². The number of hydrogen-bond donors (Lipinski definition) is 6. The zero-order valence-corrected chi connectivity index (χ0v) is 20.5. The number of carbonyl (C=O) groups excluding carboxylic acids is 1. The summed E-state index contributed by atoms with van der Waals surface area (Å²) in [5.74, 6) is -1.41. The van der Waals surface area contributed by atoms with E-state index in [-0.39, 0.29) is 25.6 Å². The molecule has 0 saturated carbocycles. The van der Waals surface area contributed by atoms with Crippen molar-refractivity contribution in [1.29, 1.82) is 0 Å². The normalized spacial score (nSPS) is 14.1. The minimum absolute atomic E-state index is 0.121. The third-order valence-electron chi connectivity index (χ3n) is 5.61. The predicted molar refractivity (Wildman–Crippen MR) is 140 cm³/mol. The van der Waals surface area contributed by atoms with Gasteiger partial charge in [0.15, 0.2) is 0 Å². The van der Waals surface area contributed by atoms with Crippen LogP contribution in [0.2, 0.25) is 5.02 Å². The van der Waals surface area contributed by atoms with Crippen LogP contribution in [0.3, 0.4) is 0 Å². The number of hydrazine groups is 2. The van der Waals surface area contributed by atoms with Gasteiger partial charge in [-0.25, -0.2) is 5.53 Å². The Morgan fingerprint density at radius 2 is 1.73 bits per heavy atom. The number of carbonyl (C=O) groups is 2. The molecule has 0 aliphatic carbocycles. The summed E-state index contributed by atoms with van der Waals surface area (Å²) < 4.78 is 5.64. The highest BCUT2D eigenvalue weighted by Crippen LogP contribution is 2.23. The first-order valence-corrected chi connectivity index (χ1v) is 12.0. The first kappa shape index (κ1) is 26.1. The first-order valence-electron chi connectivity index (χ1n) is 11.6. The standard InChI is InChI=1S/C26H27ClN6O4/c27-21-8-4-7-20(14-21)19-11-9-17(10-12-19)13-22(24(34)29-26-30-32-33-31-26)28-23(25(35)36)16-37-15-18-5-2-1-3-6-18/h1-12,14,22-23,28,32-33H,13,15-16H2,(H,35,36)(H2,29,30,31,34)/t22-,23-/m0/s1. The highest BCUT2D eigenvalue weighted by Gasteiger charge is 2.28. The zero-order chi connectivity index (χ0) is 26.0. The van der Waals surface area contributed by atoms with Gasteiger partial charge >= 0.3 is 5.97 Å². The van der Waals surface area contributed by atoms with Crippen LogP contribution in [-0.4, -0.2) is 41.6 Å². The molecule has 0 bridgehead atoms. The number of carboxylic acid groups (broad SMARTS) is 1. The molecule has 0 aromatic heterocycles. The molecule has 4 rings (SSSR count). The van der Waals surface area contributed by atoms with Crippen LogP contribution in [0.1, 0.15) is 11.1 Å². The number of hydrazone groups is 1. The maximum Gasteiger partial charge on any atom is 0.323 e. The van der Waals surface area contributed by atoms with E-state index in [2.05, 4.69) is 32.2 Å². The second-order valence-corrected chi connectivity index (χ2v) is 8.77. The molecule has 1 heterocycles. The number of rotatable bonds is 11. The second kappa shape index (κ2) is 12.8. The molecule has 2 atom stereocenters. The van der Waals surface area contributed by atoms with E-state index in [1.165, 1.54) is 0 Å². The Kier molecular flexibility index (Phi) is 9.06. The molecule has 3 aromatic rings. The van der Waals surface area contributed by atoms with Crippen LogP contribution < -0.4 is 27.1 Å². The predicted octanol–water partition coefficient (Wildman–Crippen LogP) is 2.18. The van der Waals surface area contributed by atoms with Crippen LogP contribution in [0.5, 0.6) is 0 Å². The van der Waals surface area contributed by atoms with Crippen molar-refractivity contribution in [3.8, 4) is 11.1 Å². The Balaban J connectivity index is 1.45. The molecule has 1 amide bonds. The van der Waals surface area contributed by atoms with Crippen molar-refractivity contribution in [1.82, 2.24) is 27.1 Å².